The van der Waals surface area contributed by atoms with E-state index in [2.05, 4.69) is 50.3 Å². The molecular weight excluding hydrogens is 212 g/mol. The van der Waals surface area contributed by atoms with Crippen molar-refractivity contribution in [2.75, 3.05) is 27.7 Å². The summed E-state index contributed by atoms with van der Waals surface area (Å²) in [6, 6.07) is 8.67. The van der Waals surface area contributed by atoms with E-state index >= 15 is 0 Å². The minimum atomic E-state index is 0.206. The first kappa shape index (κ1) is 14.0. The maximum atomic E-state index is 5.83. The molecule has 0 radical (unpaired) electrons. The summed E-state index contributed by atoms with van der Waals surface area (Å²) in [7, 11) is 6.07. The van der Waals surface area contributed by atoms with Crippen LogP contribution in [0.4, 0.5) is 0 Å². The second kappa shape index (κ2) is 6.62. The smallest absolute Gasteiger partial charge is 0.119 e. The van der Waals surface area contributed by atoms with Gasteiger partial charge in [0.15, 0.2) is 0 Å². The zero-order valence-electron chi connectivity index (χ0n) is 11.5. The first-order valence-electron chi connectivity index (χ1n) is 6.11. The van der Waals surface area contributed by atoms with Crippen LogP contribution in [-0.2, 0) is 0 Å². The van der Waals surface area contributed by atoms with Crippen LogP contribution in [0.25, 0.3) is 0 Å². The molecule has 0 saturated heterocycles. The molecule has 3 heteroatoms. The topological polar surface area (TPSA) is 24.5 Å². The molecule has 0 aliphatic heterocycles. The summed E-state index contributed by atoms with van der Waals surface area (Å²) in [5.74, 6) is 0.936. The fourth-order valence-electron chi connectivity index (χ4n) is 1.79. The normalized spacial score (nSPS) is 14.7. The van der Waals surface area contributed by atoms with E-state index in [9.17, 15) is 0 Å². The van der Waals surface area contributed by atoms with Crippen LogP contribution >= 0.6 is 0 Å². The predicted octanol–water partition coefficient (Wildman–Crippen LogP) is 2.30. The highest BCUT2D eigenvalue weighted by Crippen LogP contribution is 2.18. The van der Waals surface area contributed by atoms with Gasteiger partial charge in [-0.15, -0.1) is 0 Å². The Labute approximate surface area is 105 Å². The summed E-state index contributed by atoms with van der Waals surface area (Å²) in [4.78, 5) is 2.13. The van der Waals surface area contributed by atoms with Crippen LogP contribution in [-0.4, -0.2) is 38.7 Å². The molecule has 2 atom stereocenters. The summed E-state index contributed by atoms with van der Waals surface area (Å²) in [6.07, 6.45) is 0.206. The van der Waals surface area contributed by atoms with Crippen LogP contribution in [0.5, 0.6) is 5.75 Å². The maximum absolute atomic E-state index is 5.83. The van der Waals surface area contributed by atoms with E-state index in [1.807, 2.05) is 19.2 Å². The molecule has 1 rings (SSSR count). The third-order valence-electron chi connectivity index (χ3n) is 2.77. The van der Waals surface area contributed by atoms with Gasteiger partial charge < -0.3 is 15.0 Å². The lowest BCUT2D eigenvalue weighted by atomic mass is 10.1. The van der Waals surface area contributed by atoms with Gasteiger partial charge >= 0.3 is 0 Å². The molecule has 0 fully saturated rings. The van der Waals surface area contributed by atoms with E-state index < -0.39 is 0 Å². The molecule has 3 nitrogen and oxygen atoms in total. The van der Waals surface area contributed by atoms with Gasteiger partial charge in [-0.2, -0.15) is 0 Å². The van der Waals surface area contributed by atoms with Gasteiger partial charge in [0.1, 0.15) is 11.9 Å². The number of hydrogen-bond donors (Lipinski definition) is 1. The molecule has 0 heterocycles. The standard InChI is InChI=1S/C14H24N2O/c1-11(10-16(4)5)17-14-8-6-13(7-9-14)12(2)15-3/h6-9,11-12,15H,10H2,1-5H3. The van der Waals surface area contributed by atoms with Crippen LogP contribution < -0.4 is 10.1 Å². The van der Waals surface area contributed by atoms with Crippen LogP contribution in [0.1, 0.15) is 25.5 Å². The average Bonchev–Trinajstić information content (AvgIpc) is 2.28. The van der Waals surface area contributed by atoms with Gasteiger partial charge in [0, 0.05) is 12.6 Å². The number of rotatable bonds is 6. The molecule has 0 aliphatic rings. The Balaban J connectivity index is 2.56. The van der Waals surface area contributed by atoms with Crippen LogP contribution in [0.2, 0.25) is 0 Å². The van der Waals surface area contributed by atoms with Crippen molar-refractivity contribution in [2.24, 2.45) is 0 Å². The molecule has 0 aliphatic carbocycles. The van der Waals surface area contributed by atoms with Crippen molar-refractivity contribution < 1.29 is 4.74 Å². The second-order valence-electron chi connectivity index (χ2n) is 4.77. The van der Waals surface area contributed by atoms with Crippen molar-refractivity contribution in [3.8, 4) is 5.75 Å². The molecule has 96 valence electrons. The van der Waals surface area contributed by atoms with E-state index in [0.29, 0.717) is 6.04 Å². The maximum Gasteiger partial charge on any atom is 0.119 e. The third-order valence-corrected chi connectivity index (χ3v) is 2.77. The predicted molar refractivity (Wildman–Crippen MR) is 72.6 cm³/mol. The highest BCUT2D eigenvalue weighted by atomic mass is 16.5. The Morgan fingerprint density at radius 2 is 1.76 bits per heavy atom. The van der Waals surface area contributed by atoms with Crippen LogP contribution in [0, 0.1) is 0 Å². The van der Waals surface area contributed by atoms with Crippen LogP contribution in [0.3, 0.4) is 0 Å². The number of nitrogens with zero attached hydrogens (tertiary/aromatic N) is 1. The summed E-state index contributed by atoms with van der Waals surface area (Å²) in [5, 5.41) is 3.22. The lowest BCUT2D eigenvalue weighted by molar-refractivity contribution is 0.177. The molecule has 17 heavy (non-hydrogen) atoms. The first-order chi connectivity index (χ1) is 8.02. The van der Waals surface area contributed by atoms with Gasteiger partial charge in [-0.3, -0.25) is 0 Å². The van der Waals surface area contributed by atoms with Crippen molar-refractivity contribution in [1.82, 2.24) is 10.2 Å². The highest BCUT2D eigenvalue weighted by molar-refractivity contribution is 5.29. The molecular formula is C14H24N2O. The fraction of sp³-hybridized carbons (Fsp3) is 0.571. The Kier molecular flexibility index (Phi) is 5.45. The second-order valence-corrected chi connectivity index (χ2v) is 4.77. The van der Waals surface area contributed by atoms with Gasteiger partial charge in [0.25, 0.3) is 0 Å². The molecule has 1 aromatic rings. The van der Waals surface area contributed by atoms with Crippen molar-refractivity contribution in [3.05, 3.63) is 29.8 Å². The summed E-state index contributed by atoms with van der Waals surface area (Å²) >= 11 is 0. The fourth-order valence-corrected chi connectivity index (χ4v) is 1.79. The van der Waals surface area contributed by atoms with E-state index in [1.165, 1.54) is 5.56 Å². The Bertz CT molecular complexity index is 321. The molecule has 0 aromatic heterocycles. The Hall–Kier alpha value is -1.06. The average molecular weight is 236 g/mol. The van der Waals surface area contributed by atoms with E-state index in [4.69, 9.17) is 4.74 Å². The highest BCUT2D eigenvalue weighted by Gasteiger charge is 2.06. The van der Waals surface area contributed by atoms with E-state index in [1.54, 1.807) is 0 Å². The summed E-state index contributed by atoms with van der Waals surface area (Å²) in [5.41, 5.74) is 1.28. The van der Waals surface area contributed by atoms with Gasteiger partial charge in [0.2, 0.25) is 0 Å². The van der Waals surface area contributed by atoms with Crippen LogP contribution in [0.15, 0.2) is 24.3 Å². The minimum absolute atomic E-state index is 0.206. The van der Waals surface area contributed by atoms with Gasteiger partial charge in [-0.25, -0.2) is 0 Å². The number of benzene rings is 1. The van der Waals surface area contributed by atoms with Gasteiger partial charge in [0.05, 0.1) is 0 Å². The summed E-state index contributed by atoms with van der Waals surface area (Å²) in [6.45, 7) is 5.16. The van der Waals surface area contributed by atoms with Gasteiger partial charge in [-0.1, -0.05) is 12.1 Å². The zero-order valence-corrected chi connectivity index (χ0v) is 11.5. The first-order valence-corrected chi connectivity index (χ1v) is 6.11. The number of hydrogen-bond acceptors (Lipinski definition) is 3. The molecule has 0 bridgehead atoms. The van der Waals surface area contributed by atoms with E-state index in [0.717, 1.165) is 12.3 Å². The number of ether oxygens (including phenoxy) is 1. The summed E-state index contributed by atoms with van der Waals surface area (Å²) < 4.78 is 5.83. The lowest BCUT2D eigenvalue weighted by Gasteiger charge is -2.19. The quantitative estimate of drug-likeness (QED) is 0.820. The largest absolute Gasteiger partial charge is 0.489 e. The monoisotopic (exact) mass is 236 g/mol. The molecule has 0 spiro atoms. The Morgan fingerprint density at radius 1 is 1.18 bits per heavy atom. The molecule has 1 N–H and O–H groups in total. The SMILES string of the molecule is CNC(C)c1ccc(OC(C)CN(C)C)cc1. The molecule has 0 saturated carbocycles. The lowest BCUT2D eigenvalue weighted by Crippen LogP contribution is -2.27. The molecule has 1 aromatic carbocycles. The third kappa shape index (κ3) is 4.75. The van der Waals surface area contributed by atoms with Crippen molar-refractivity contribution in [3.63, 3.8) is 0 Å². The van der Waals surface area contributed by atoms with Gasteiger partial charge in [-0.05, 0) is 52.7 Å². The molecule has 2 unspecified atom stereocenters. The number of nitrogens with one attached hydrogen (secondary N) is 1. The molecule has 0 amide bonds. The van der Waals surface area contributed by atoms with E-state index in [-0.39, 0.29) is 6.10 Å². The minimum Gasteiger partial charge on any atom is -0.489 e. The van der Waals surface area contributed by atoms with Crippen molar-refractivity contribution >= 4 is 0 Å². The Morgan fingerprint density at radius 3 is 2.24 bits per heavy atom. The number of likely N-dealkylation sites (N-methyl/N-ethyl adjacent to an activating group) is 1. The van der Waals surface area contributed by atoms with Crippen molar-refractivity contribution in [1.29, 1.82) is 0 Å². The van der Waals surface area contributed by atoms with Crippen molar-refractivity contribution in [2.45, 2.75) is 26.0 Å². The zero-order chi connectivity index (χ0) is 12.8.